The zero-order valence-corrected chi connectivity index (χ0v) is 10.9. The van der Waals surface area contributed by atoms with E-state index >= 15 is 0 Å². The molecule has 1 N–H and O–H groups in total. The molecule has 0 aliphatic carbocycles. The van der Waals surface area contributed by atoms with E-state index in [9.17, 15) is 4.39 Å². The maximum Gasteiger partial charge on any atom is 0.141 e. The molecule has 0 aromatic carbocycles. The van der Waals surface area contributed by atoms with Crippen molar-refractivity contribution in [2.24, 2.45) is 0 Å². The van der Waals surface area contributed by atoms with Crippen LogP contribution in [0.5, 0.6) is 0 Å². The highest BCUT2D eigenvalue weighted by atomic mass is 35.5. The van der Waals surface area contributed by atoms with E-state index in [0.29, 0.717) is 5.15 Å². The van der Waals surface area contributed by atoms with Gasteiger partial charge in [0, 0.05) is 0 Å². The molecule has 0 fully saturated rings. The fourth-order valence-electron chi connectivity index (χ4n) is 1.63. The van der Waals surface area contributed by atoms with Gasteiger partial charge < -0.3 is 5.32 Å². The summed E-state index contributed by atoms with van der Waals surface area (Å²) in [6, 6.07) is 6.61. The molecule has 94 valence electrons. The Kier molecular flexibility index (Phi) is 3.77. The van der Waals surface area contributed by atoms with E-state index in [4.69, 9.17) is 11.6 Å². The second kappa shape index (κ2) is 5.31. The van der Waals surface area contributed by atoms with Gasteiger partial charge in [-0.3, -0.25) is 4.98 Å². The molecule has 0 spiro atoms. The van der Waals surface area contributed by atoms with Crippen molar-refractivity contribution in [1.29, 1.82) is 0 Å². The molecule has 2 aromatic heterocycles. The monoisotopic (exact) mass is 265 g/mol. The van der Waals surface area contributed by atoms with Crippen molar-refractivity contribution in [3.05, 3.63) is 52.8 Å². The number of aryl methyl sites for hydroxylation is 1. The second-order valence-electron chi connectivity index (χ2n) is 4.03. The first-order valence-corrected chi connectivity index (χ1v) is 5.95. The molecular weight excluding hydrogens is 253 g/mol. The zero-order valence-electron chi connectivity index (χ0n) is 10.1. The molecule has 0 saturated heterocycles. The Hall–Kier alpha value is -1.68. The maximum absolute atomic E-state index is 12.8. The molecular formula is C13H13ClFN3. The molecule has 0 aliphatic heterocycles. The standard InChI is InChI=1S/C13H13ClFN3/c1-8(11-4-3-10(15)7-16-11)17-12-5-6-13(14)18-9(12)2/h3-8,17H,1-2H3. The molecule has 0 saturated carbocycles. The van der Waals surface area contributed by atoms with Crippen LogP contribution in [0.15, 0.2) is 30.5 Å². The van der Waals surface area contributed by atoms with Crippen LogP contribution in [-0.2, 0) is 0 Å². The Bertz CT molecular complexity index is 542. The van der Waals surface area contributed by atoms with E-state index in [1.807, 2.05) is 19.9 Å². The fraction of sp³-hybridized carbons (Fsp3) is 0.231. The number of aromatic nitrogens is 2. The number of nitrogens with zero attached hydrogens (tertiary/aromatic N) is 2. The van der Waals surface area contributed by atoms with Gasteiger partial charge in [0.25, 0.3) is 0 Å². The van der Waals surface area contributed by atoms with Crippen LogP contribution in [0.3, 0.4) is 0 Å². The number of anilines is 1. The average molecular weight is 266 g/mol. The number of halogens is 2. The van der Waals surface area contributed by atoms with Crippen molar-refractivity contribution < 1.29 is 4.39 Å². The molecule has 3 nitrogen and oxygen atoms in total. The third kappa shape index (κ3) is 2.96. The van der Waals surface area contributed by atoms with Gasteiger partial charge in [0.05, 0.1) is 29.3 Å². The summed E-state index contributed by atoms with van der Waals surface area (Å²) in [6.45, 7) is 3.83. The Morgan fingerprint density at radius 3 is 2.67 bits per heavy atom. The largest absolute Gasteiger partial charge is 0.375 e. The highest BCUT2D eigenvalue weighted by Gasteiger charge is 2.09. The van der Waals surface area contributed by atoms with Crippen molar-refractivity contribution >= 4 is 17.3 Å². The predicted molar refractivity (Wildman–Crippen MR) is 70.2 cm³/mol. The van der Waals surface area contributed by atoms with E-state index in [2.05, 4.69) is 15.3 Å². The number of rotatable bonds is 3. The molecule has 0 bridgehead atoms. The summed E-state index contributed by atoms with van der Waals surface area (Å²) in [5, 5.41) is 3.73. The third-order valence-corrected chi connectivity index (χ3v) is 2.83. The van der Waals surface area contributed by atoms with Gasteiger partial charge in [0.1, 0.15) is 11.0 Å². The van der Waals surface area contributed by atoms with Crippen molar-refractivity contribution in [2.45, 2.75) is 19.9 Å². The summed E-state index contributed by atoms with van der Waals surface area (Å²) < 4.78 is 12.8. The number of hydrogen-bond acceptors (Lipinski definition) is 3. The normalized spacial score (nSPS) is 12.2. The van der Waals surface area contributed by atoms with Crippen molar-refractivity contribution in [3.63, 3.8) is 0 Å². The first-order valence-electron chi connectivity index (χ1n) is 5.57. The van der Waals surface area contributed by atoms with E-state index < -0.39 is 0 Å². The van der Waals surface area contributed by atoms with Gasteiger partial charge in [0.2, 0.25) is 0 Å². The van der Waals surface area contributed by atoms with E-state index in [-0.39, 0.29) is 11.9 Å². The summed E-state index contributed by atoms with van der Waals surface area (Å²) in [4.78, 5) is 8.19. The van der Waals surface area contributed by atoms with Crippen LogP contribution in [0, 0.1) is 12.7 Å². The lowest BCUT2D eigenvalue weighted by Gasteiger charge is -2.16. The maximum atomic E-state index is 12.8. The molecule has 2 aromatic rings. The Morgan fingerprint density at radius 2 is 2.06 bits per heavy atom. The van der Waals surface area contributed by atoms with Crippen molar-refractivity contribution in [1.82, 2.24) is 9.97 Å². The minimum absolute atomic E-state index is 0.0349. The van der Waals surface area contributed by atoms with Crippen molar-refractivity contribution in [2.75, 3.05) is 5.32 Å². The molecule has 2 rings (SSSR count). The van der Waals surface area contributed by atoms with Gasteiger partial charge in [-0.05, 0) is 38.1 Å². The van der Waals surface area contributed by atoms with Crippen LogP contribution >= 0.6 is 11.6 Å². The third-order valence-electron chi connectivity index (χ3n) is 2.62. The van der Waals surface area contributed by atoms with Crippen LogP contribution in [0.1, 0.15) is 24.4 Å². The molecule has 18 heavy (non-hydrogen) atoms. The lowest BCUT2D eigenvalue weighted by Crippen LogP contribution is -2.10. The highest BCUT2D eigenvalue weighted by Crippen LogP contribution is 2.21. The Balaban J connectivity index is 2.15. The molecule has 1 atom stereocenters. The first-order chi connectivity index (χ1) is 8.56. The van der Waals surface area contributed by atoms with Crippen LogP contribution < -0.4 is 5.32 Å². The smallest absolute Gasteiger partial charge is 0.141 e. The minimum Gasteiger partial charge on any atom is -0.375 e. The molecule has 0 aliphatic rings. The Labute approximate surface area is 110 Å². The summed E-state index contributed by atoms with van der Waals surface area (Å²) >= 11 is 5.80. The van der Waals surface area contributed by atoms with Gasteiger partial charge in [-0.15, -0.1) is 0 Å². The van der Waals surface area contributed by atoms with E-state index in [1.54, 1.807) is 12.1 Å². The summed E-state index contributed by atoms with van der Waals surface area (Å²) in [5.74, 6) is -0.338. The van der Waals surface area contributed by atoms with Crippen LogP contribution in [0.25, 0.3) is 0 Å². The van der Waals surface area contributed by atoms with Gasteiger partial charge in [-0.25, -0.2) is 9.37 Å². The van der Waals surface area contributed by atoms with Crippen molar-refractivity contribution in [3.8, 4) is 0 Å². The quantitative estimate of drug-likeness (QED) is 0.859. The summed E-state index contributed by atoms with van der Waals surface area (Å²) in [6.07, 6.45) is 1.21. The molecule has 0 amide bonds. The minimum atomic E-state index is -0.338. The zero-order chi connectivity index (χ0) is 13.1. The SMILES string of the molecule is Cc1nc(Cl)ccc1NC(C)c1ccc(F)cn1. The lowest BCUT2D eigenvalue weighted by molar-refractivity contribution is 0.617. The average Bonchev–Trinajstić information content (AvgIpc) is 2.33. The highest BCUT2D eigenvalue weighted by molar-refractivity contribution is 6.29. The van der Waals surface area contributed by atoms with E-state index in [1.165, 1.54) is 12.3 Å². The molecule has 1 unspecified atom stereocenters. The Morgan fingerprint density at radius 1 is 1.28 bits per heavy atom. The van der Waals surface area contributed by atoms with Gasteiger partial charge >= 0.3 is 0 Å². The topological polar surface area (TPSA) is 37.8 Å². The predicted octanol–water partition coefficient (Wildman–Crippen LogP) is 3.75. The van der Waals surface area contributed by atoms with Gasteiger partial charge in [-0.1, -0.05) is 11.6 Å². The van der Waals surface area contributed by atoms with Gasteiger partial charge in [0.15, 0.2) is 0 Å². The molecule has 5 heteroatoms. The summed E-state index contributed by atoms with van der Waals surface area (Å²) in [5.41, 5.74) is 2.47. The molecule has 2 heterocycles. The second-order valence-corrected chi connectivity index (χ2v) is 4.42. The first kappa shape index (κ1) is 12.8. The van der Waals surface area contributed by atoms with Crippen LogP contribution in [0.4, 0.5) is 10.1 Å². The number of pyridine rings is 2. The van der Waals surface area contributed by atoms with E-state index in [0.717, 1.165) is 17.1 Å². The molecule has 0 radical (unpaired) electrons. The summed E-state index contributed by atoms with van der Waals surface area (Å²) in [7, 11) is 0. The van der Waals surface area contributed by atoms with Crippen LogP contribution in [0.2, 0.25) is 5.15 Å². The van der Waals surface area contributed by atoms with Gasteiger partial charge in [-0.2, -0.15) is 0 Å². The lowest BCUT2D eigenvalue weighted by atomic mass is 10.2. The number of nitrogens with one attached hydrogen (secondary N) is 1. The number of hydrogen-bond donors (Lipinski definition) is 1. The van der Waals surface area contributed by atoms with Crippen LogP contribution in [-0.4, -0.2) is 9.97 Å². The fourth-order valence-corrected chi connectivity index (χ4v) is 1.82.